The highest BCUT2D eigenvalue weighted by atomic mass is 32.1. The van der Waals surface area contributed by atoms with Crippen LogP contribution in [0.3, 0.4) is 0 Å². The van der Waals surface area contributed by atoms with Gasteiger partial charge in [-0.15, -0.1) is 11.3 Å². The minimum Gasteiger partial charge on any atom is -0.454 e. The third-order valence-corrected chi connectivity index (χ3v) is 6.48. The second-order valence-electron chi connectivity index (χ2n) is 7.56. The van der Waals surface area contributed by atoms with Crippen LogP contribution in [0.15, 0.2) is 69.6 Å². The molecule has 9 heteroatoms. The second kappa shape index (κ2) is 8.59. The molecule has 168 valence electrons. The fraction of sp³-hybridized carbons (Fsp3) is 0.208. The lowest BCUT2D eigenvalue weighted by Crippen LogP contribution is -2.43. The number of carbonyl (C=O) groups is 1. The zero-order valence-corrected chi connectivity index (χ0v) is 18.7. The standard InChI is InChI=1S/C24H21N3O5S/c1-2-25(17-6-4-3-5-7-17)21(28)14-26-18-10-11-33-22(18)23(29)27(24(26)30)13-16-8-9-19-20(12-16)32-15-31-19/h3-12H,2,13-15H2,1H3. The van der Waals surface area contributed by atoms with E-state index < -0.39 is 5.69 Å². The van der Waals surface area contributed by atoms with Gasteiger partial charge in [0.25, 0.3) is 5.56 Å². The van der Waals surface area contributed by atoms with Gasteiger partial charge in [0, 0.05) is 12.2 Å². The number of thiophene rings is 1. The van der Waals surface area contributed by atoms with E-state index in [4.69, 9.17) is 9.47 Å². The summed E-state index contributed by atoms with van der Waals surface area (Å²) in [4.78, 5) is 41.4. The molecule has 0 spiro atoms. The van der Waals surface area contributed by atoms with Crippen molar-refractivity contribution in [2.24, 2.45) is 0 Å². The third kappa shape index (κ3) is 3.80. The summed E-state index contributed by atoms with van der Waals surface area (Å²) in [5.74, 6) is 0.977. The Kier molecular flexibility index (Phi) is 5.47. The Morgan fingerprint density at radius 1 is 1.03 bits per heavy atom. The molecule has 0 N–H and O–H groups in total. The van der Waals surface area contributed by atoms with Gasteiger partial charge < -0.3 is 14.4 Å². The molecule has 0 radical (unpaired) electrons. The van der Waals surface area contributed by atoms with Crippen molar-refractivity contribution in [1.29, 1.82) is 0 Å². The molecule has 1 aliphatic heterocycles. The van der Waals surface area contributed by atoms with Crippen LogP contribution in [0.1, 0.15) is 12.5 Å². The van der Waals surface area contributed by atoms with E-state index in [-0.39, 0.29) is 31.3 Å². The Bertz CT molecular complexity index is 1450. The molecule has 5 rings (SSSR count). The maximum absolute atomic E-state index is 13.4. The molecule has 0 saturated heterocycles. The molecule has 0 unspecified atom stereocenters. The first-order chi connectivity index (χ1) is 16.1. The van der Waals surface area contributed by atoms with Crippen molar-refractivity contribution in [2.45, 2.75) is 20.0 Å². The molecular weight excluding hydrogens is 442 g/mol. The molecule has 3 heterocycles. The number of anilines is 1. The van der Waals surface area contributed by atoms with Crippen LogP contribution < -0.4 is 25.6 Å². The minimum atomic E-state index is -0.527. The molecule has 0 saturated carbocycles. The number of nitrogens with zero attached hydrogens (tertiary/aromatic N) is 3. The predicted molar refractivity (Wildman–Crippen MR) is 126 cm³/mol. The number of amides is 1. The molecule has 33 heavy (non-hydrogen) atoms. The number of rotatable bonds is 6. The van der Waals surface area contributed by atoms with E-state index in [1.54, 1.807) is 34.5 Å². The fourth-order valence-electron chi connectivity index (χ4n) is 3.98. The van der Waals surface area contributed by atoms with Gasteiger partial charge in [-0.3, -0.25) is 18.7 Å². The maximum atomic E-state index is 13.4. The van der Waals surface area contributed by atoms with Crippen LogP contribution in [-0.2, 0) is 17.9 Å². The number of benzene rings is 2. The topological polar surface area (TPSA) is 82.8 Å². The molecule has 1 amide bonds. The molecule has 0 aliphatic carbocycles. The van der Waals surface area contributed by atoms with E-state index in [1.807, 2.05) is 37.3 Å². The summed E-state index contributed by atoms with van der Waals surface area (Å²) in [6.45, 7) is 2.38. The van der Waals surface area contributed by atoms with Gasteiger partial charge in [-0.25, -0.2) is 4.79 Å². The lowest BCUT2D eigenvalue weighted by Gasteiger charge is -2.22. The third-order valence-electron chi connectivity index (χ3n) is 5.59. The summed E-state index contributed by atoms with van der Waals surface area (Å²) < 4.78 is 13.7. The number of fused-ring (bicyclic) bond motifs is 2. The SMILES string of the molecule is CCN(C(=O)Cn1c(=O)n(Cc2ccc3c(c2)OCO3)c(=O)c2sccc21)c1ccccc1. The van der Waals surface area contributed by atoms with E-state index in [0.29, 0.717) is 28.3 Å². The highest BCUT2D eigenvalue weighted by Gasteiger charge is 2.21. The second-order valence-corrected chi connectivity index (χ2v) is 8.47. The summed E-state index contributed by atoms with van der Waals surface area (Å²) in [6.07, 6.45) is 0. The number of ether oxygens (including phenoxy) is 2. The largest absolute Gasteiger partial charge is 0.454 e. The Balaban J connectivity index is 1.54. The molecule has 0 atom stereocenters. The molecule has 0 bridgehead atoms. The van der Waals surface area contributed by atoms with Crippen molar-refractivity contribution < 1.29 is 14.3 Å². The number of hydrogen-bond acceptors (Lipinski definition) is 6. The van der Waals surface area contributed by atoms with Gasteiger partial charge in [-0.1, -0.05) is 24.3 Å². The molecule has 8 nitrogen and oxygen atoms in total. The Hall–Kier alpha value is -3.85. The molecule has 1 aliphatic rings. The van der Waals surface area contributed by atoms with Gasteiger partial charge in [-0.2, -0.15) is 0 Å². The molecule has 4 aromatic rings. The van der Waals surface area contributed by atoms with E-state index >= 15 is 0 Å². The van der Waals surface area contributed by atoms with E-state index in [1.165, 1.54) is 20.5 Å². The Labute approximate surface area is 192 Å². The number of carbonyl (C=O) groups excluding carboxylic acids is 1. The van der Waals surface area contributed by atoms with E-state index in [0.717, 1.165) is 11.3 Å². The van der Waals surface area contributed by atoms with Gasteiger partial charge in [-0.05, 0) is 48.2 Å². The van der Waals surface area contributed by atoms with E-state index in [2.05, 4.69) is 0 Å². The van der Waals surface area contributed by atoms with Crippen molar-refractivity contribution in [3.63, 3.8) is 0 Å². The molecule has 0 fully saturated rings. The van der Waals surface area contributed by atoms with Crippen LogP contribution in [0.2, 0.25) is 0 Å². The summed E-state index contributed by atoms with van der Waals surface area (Å²) in [6, 6.07) is 16.3. The van der Waals surface area contributed by atoms with Crippen LogP contribution in [0.25, 0.3) is 10.2 Å². The molecular formula is C24H21N3O5S. The monoisotopic (exact) mass is 463 g/mol. The number of para-hydroxylation sites is 1. The van der Waals surface area contributed by atoms with Gasteiger partial charge in [0.2, 0.25) is 12.7 Å². The lowest BCUT2D eigenvalue weighted by atomic mass is 10.2. The van der Waals surface area contributed by atoms with Crippen LogP contribution >= 0.6 is 11.3 Å². The minimum absolute atomic E-state index is 0.0620. The normalized spacial score (nSPS) is 12.3. The average molecular weight is 464 g/mol. The van der Waals surface area contributed by atoms with Crippen molar-refractivity contribution in [2.75, 3.05) is 18.2 Å². The van der Waals surface area contributed by atoms with Crippen molar-refractivity contribution in [3.05, 3.63) is 86.4 Å². The van der Waals surface area contributed by atoms with Gasteiger partial charge in [0.15, 0.2) is 11.5 Å². The first-order valence-corrected chi connectivity index (χ1v) is 11.4. The molecule has 2 aromatic heterocycles. The average Bonchev–Trinajstić information content (AvgIpc) is 3.50. The summed E-state index contributed by atoms with van der Waals surface area (Å²) >= 11 is 1.26. The maximum Gasteiger partial charge on any atom is 0.332 e. The fourth-order valence-corrected chi connectivity index (χ4v) is 4.82. The number of likely N-dealkylation sites (N-methyl/N-ethyl adjacent to an activating group) is 1. The summed E-state index contributed by atoms with van der Waals surface area (Å²) in [5.41, 5.74) is 1.05. The predicted octanol–water partition coefficient (Wildman–Crippen LogP) is 3.05. The highest BCUT2D eigenvalue weighted by molar-refractivity contribution is 7.17. The quantitative estimate of drug-likeness (QED) is 0.439. The summed E-state index contributed by atoms with van der Waals surface area (Å²) in [5, 5.41) is 1.76. The van der Waals surface area contributed by atoms with Gasteiger partial charge in [0.05, 0.1) is 12.1 Å². The zero-order chi connectivity index (χ0) is 22.9. The van der Waals surface area contributed by atoms with Gasteiger partial charge >= 0.3 is 5.69 Å². The van der Waals surface area contributed by atoms with Crippen molar-refractivity contribution >= 4 is 33.1 Å². The number of aromatic nitrogens is 2. The van der Waals surface area contributed by atoms with E-state index in [9.17, 15) is 14.4 Å². The summed E-state index contributed by atoms with van der Waals surface area (Å²) in [7, 11) is 0. The van der Waals surface area contributed by atoms with Crippen molar-refractivity contribution in [3.8, 4) is 11.5 Å². The highest BCUT2D eigenvalue weighted by Crippen LogP contribution is 2.32. The first kappa shape index (κ1) is 21.0. The molecule has 2 aromatic carbocycles. The number of hydrogen-bond donors (Lipinski definition) is 0. The first-order valence-electron chi connectivity index (χ1n) is 10.5. The smallest absolute Gasteiger partial charge is 0.332 e. The van der Waals surface area contributed by atoms with Crippen LogP contribution in [-0.4, -0.2) is 28.4 Å². The Morgan fingerprint density at radius 3 is 2.61 bits per heavy atom. The lowest BCUT2D eigenvalue weighted by molar-refractivity contribution is -0.119. The van der Waals surface area contributed by atoms with Crippen LogP contribution in [0.5, 0.6) is 11.5 Å². The van der Waals surface area contributed by atoms with Crippen LogP contribution in [0, 0.1) is 0 Å². The Morgan fingerprint density at radius 2 is 1.82 bits per heavy atom. The zero-order valence-electron chi connectivity index (χ0n) is 17.9. The van der Waals surface area contributed by atoms with Gasteiger partial charge in [0.1, 0.15) is 11.2 Å². The van der Waals surface area contributed by atoms with Crippen LogP contribution in [0.4, 0.5) is 5.69 Å². The van der Waals surface area contributed by atoms with Crippen molar-refractivity contribution in [1.82, 2.24) is 9.13 Å².